The average molecular weight is 252 g/mol. The largest absolute Gasteiger partial charge is 0.212 e. The summed E-state index contributed by atoms with van der Waals surface area (Å²) in [6.07, 6.45) is 6.15. The molecule has 0 aromatic carbocycles. The molecule has 0 spiro atoms. The Kier molecular flexibility index (Phi) is 3.58. The van der Waals surface area contributed by atoms with Crippen LogP contribution in [-0.4, -0.2) is 25.6 Å². The molecule has 15 heavy (non-hydrogen) atoms. The quantitative estimate of drug-likeness (QED) is 0.776. The third-order valence-electron chi connectivity index (χ3n) is 3.16. The molecule has 2 aliphatic rings. The Hall–Kier alpha value is 0.200. The molecule has 3 nitrogen and oxygen atoms in total. The highest BCUT2D eigenvalue weighted by molar-refractivity contribution is 7.89. The van der Waals surface area contributed by atoms with E-state index in [1.807, 2.05) is 0 Å². The van der Waals surface area contributed by atoms with Gasteiger partial charge in [-0.25, -0.2) is 13.1 Å². The number of alkyl halides is 1. The molecule has 2 aliphatic carbocycles. The molecular formula is C10H18ClNO2S. The second kappa shape index (κ2) is 4.60. The Morgan fingerprint density at radius 1 is 1.13 bits per heavy atom. The first kappa shape index (κ1) is 11.7. The van der Waals surface area contributed by atoms with Gasteiger partial charge in [-0.2, -0.15) is 0 Å². The molecule has 88 valence electrons. The van der Waals surface area contributed by atoms with Crippen LogP contribution >= 0.6 is 11.6 Å². The summed E-state index contributed by atoms with van der Waals surface area (Å²) in [5.74, 6) is 0.701. The maximum atomic E-state index is 11.7. The molecule has 0 bridgehead atoms. The van der Waals surface area contributed by atoms with E-state index in [4.69, 9.17) is 11.6 Å². The van der Waals surface area contributed by atoms with Crippen molar-refractivity contribution in [1.82, 2.24) is 4.72 Å². The van der Waals surface area contributed by atoms with Crippen molar-refractivity contribution in [2.75, 3.05) is 5.75 Å². The van der Waals surface area contributed by atoms with Gasteiger partial charge >= 0.3 is 0 Å². The Morgan fingerprint density at radius 2 is 1.80 bits per heavy atom. The SMILES string of the molecule is O=S(=O)(CC1CC1)NC1CCCCC1Cl. The van der Waals surface area contributed by atoms with Gasteiger partial charge in [0.1, 0.15) is 0 Å². The van der Waals surface area contributed by atoms with Crippen LogP contribution in [0, 0.1) is 5.92 Å². The fourth-order valence-electron chi connectivity index (χ4n) is 2.09. The zero-order valence-corrected chi connectivity index (χ0v) is 10.4. The number of sulfonamides is 1. The highest BCUT2D eigenvalue weighted by atomic mass is 35.5. The molecule has 5 heteroatoms. The summed E-state index contributed by atoms with van der Waals surface area (Å²) in [5.41, 5.74) is 0. The van der Waals surface area contributed by atoms with Crippen LogP contribution in [0.15, 0.2) is 0 Å². The first-order valence-corrected chi connectivity index (χ1v) is 7.80. The van der Waals surface area contributed by atoms with Crippen molar-refractivity contribution >= 4 is 21.6 Å². The zero-order valence-electron chi connectivity index (χ0n) is 8.78. The predicted octanol–water partition coefficient (Wildman–Crippen LogP) is 1.87. The van der Waals surface area contributed by atoms with Gasteiger partial charge in [0.05, 0.1) is 5.75 Å². The summed E-state index contributed by atoms with van der Waals surface area (Å²) >= 11 is 6.11. The fourth-order valence-corrected chi connectivity index (χ4v) is 4.30. The molecule has 1 N–H and O–H groups in total. The van der Waals surface area contributed by atoms with Crippen LogP contribution in [0.25, 0.3) is 0 Å². The maximum Gasteiger partial charge on any atom is 0.212 e. The highest BCUT2D eigenvalue weighted by Gasteiger charge is 2.32. The molecule has 2 saturated carbocycles. The normalized spacial score (nSPS) is 32.9. The van der Waals surface area contributed by atoms with Crippen LogP contribution in [0.3, 0.4) is 0 Å². The third kappa shape index (κ3) is 3.61. The smallest absolute Gasteiger partial charge is 0.212 e. The van der Waals surface area contributed by atoms with E-state index in [2.05, 4.69) is 4.72 Å². The van der Waals surface area contributed by atoms with E-state index in [1.165, 1.54) is 0 Å². The van der Waals surface area contributed by atoms with Crippen molar-refractivity contribution in [1.29, 1.82) is 0 Å². The third-order valence-corrected chi connectivity index (χ3v) is 5.26. The van der Waals surface area contributed by atoms with Gasteiger partial charge in [-0.1, -0.05) is 12.8 Å². The van der Waals surface area contributed by atoms with Crippen LogP contribution < -0.4 is 4.72 Å². The lowest BCUT2D eigenvalue weighted by Crippen LogP contribution is -2.43. The Labute approximate surface area is 96.6 Å². The molecule has 0 aromatic rings. The number of rotatable bonds is 4. The average Bonchev–Trinajstić information content (AvgIpc) is 2.91. The second-order valence-electron chi connectivity index (χ2n) is 4.75. The van der Waals surface area contributed by atoms with Crippen molar-refractivity contribution in [2.24, 2.45) is 5.92 Å². The minimum atomic E-state index is -3.09. The van der Waals surface area contributed by atoms with Gasteiger partial charge in [0.2, 0.25) is 10.0 Å². The lowest BCUT2D eigenvalue weighted by atomic mass is 9.96. The lowest BCUT2D eigenvalue weighted by Gasteiger charge is -2.27. The van der Waals surface area contributed by atoms with E-state index in [1.54, 1.807) is 0 Å². The molecule has 2 fully saturated rings. The number of nitrogens with one attached hydrogen (secondary N) is 1. The summed E-state index contributed by atoms with van der Waals surface area (Å²) in [6, 6.07) is -0.0378. The minimum absolute atomic E-state index is 0.0206. The first-order chi connectivity index (χ1) is 7.07. The van der Waals surface area contributed by atoms with Gasteiger partial charge in [-0.05, 0) is 31.6 Å². The van der Waals surface area contributed by atoms with Crippen LogP contribution in [0.1, 0.15) is 38.5 Å². The molecular weight excluding hydrogens is 234 g/mol. The van der Waals surface area contributed by atoms with E-state index in [0.717, 1.165) is 38.5 Å². The van der Waals surface area contributed by atoms with Gasteiger partial charge in [-0.3, -0.25) is 0 Å². The summed E-state index contributed by atoms with van der Waals surface area (Å²) in [5, 5.41) is -0.0206. The van der Waals surface area contributed by atoms with Crippen LogP contribution in [0.4, 0.5) is 0 Å². The van der Waals surface area contributed by atoms with Gasteiger partial charge in [0.15, 0.2) is 0 Å². The van der Waals surface area contributed by atoms with Crippen LogP contribution in [0.2, 0.25) is 0 Å². The zero-order chi connectivity index (χ0) is 10.9. The second-order valence-corrected chi connectivity index (χ2v) is 7.11. The molecule has 0 aromatic heterocycles. The van der Waals surface area contributed by atoms with Gasteiger partial charge < -0.3 is 0 Å². The van der Waals surface area contributed by atoms with E-state index < -0.39 is 10.0 Å². The summed E-state index contributed by atoms with van der Waals surface area (Å²) < 4.78 is 26.2. The van der Waals surface area contributed by atoms with Crippen molar-refractivity contribution in [3.05, 3.63) is 0 Å². The van der Waals surface area contributed by atoms with Crippen LogP contribution in [0.5, 0.6) is 0 Å². The number of hydrogen-bond donors (Lipinski definition) is 1. The first-order valence-electron chi connectivity index (χ1n) is 5.71. The summed E-state index contributed by atoms with van der Waals surface area (Å²) in [7, 11) is -3.09. The molecule has 0 radical (unpaired) electrons. The predicted molar refractivity (Wildman–Crippen MR) is 61.5 cm³/mol. The lowest BCUT2D eigenvalue weighted by molar-refractivity contribution is 0.418. The standard InChI is InChI=1S/C10H18ClNO2S/c11-9-3-1-2-4-10(9)12-15(13,14)7-8-5-6-8/h8-10,12H,1-7H2. The molecule has 2 atom stereocenters. The van der Waals surface area contributed by atoms with Gasteiger partial charge in [-0.15, -0.1) is 11.6 Å². The van der Waals surface area contributed by atoms with Gasteiger partial charge in [0, 0.05) is 11.4 Å². The molecule has 0 heterocycles. The highest BCUT2D eigenvalue weighted by Crippen LogP contribution is 2.30. The van der Waals surface area contributed by atoms with E-state index in [0.29, 0.717) is 11.7 Å². The number of halogens is 1. The van der Waals surface area contributed by atoms with Gasteiger partial charge in [0.25, 0.3) is 0 Å². The fraction of sp³-hybridized carbons (Fsp3) is 1.00. The topological polar surface area (TPSA) is 46.2 Å². The molecule has 2 rings (SSSR count). The maximum absolute atomic E-state index is 11.7. The number of hydrogen-bond acceptors (Lipinski definition) is 2. The Morgan fingerprint density at radius 3 is 2.40 bits per heavy atom. The van der Waals surface area contributed by atoms with Crippen molar-refractivity contribution in [2.45, 2.75) is 49.9 Å². The summed E-state index contributed by atoms with van der Waals surface area (Å²) in [4.78, 5) is 0. The van der Waals surface area contributed by atoms with Crippen molar-refractivity contribution in [3.8, 4) is 0 Å². The molecule has 2 unspecified atom stereocenters. The molecule has 0 aliphatic heterocycles. The van der Waals surface area contributed by atoms with Crippen molar-refractivity contribution < 1.29 is 8.42 Å². The molecule has 0 amide bonds. The Bertz CT molecular complexity index is 313. The monoisotopic (exact) mass is 251 g/mol. The summed E-state index contributed by atoms with van der Waals surface area (Å²) in [6.45, 7) is 0. The minimum Gasteiger partial charge on any atom is -0.212 e. The van der Waals surface area contributed by atoms with E-state index in [9.17, 15) is 8.42 Å². The molecule has 0 saturated heterocycles. The van der Waals surface area contributed by atoms with E-state index in [-0.39, 0.29) is 11.4 Å². The van der Waals surface area contributed by atoms with E-state index >= 15 is 0 Å². The van der Waals surface area contributed by atoms with Crippen LogP contribution in [-0.2, 0) is 10.0 Å². The van der Waals surface area contributed by atoms with Crippen molar-refractivity contribution in [3.63, 3.8) is 0 Å². The Balaban J connectivity index is 1.88.